The minimum atomic E-state index is -0.782. The Morgan fingerprint density at radius 1 is 1.38 bits per heavy atom. The van der Waals surface area contributed by atoms with E-state index in [4.69, 9.17) is 16.7 Å². The maximum Gasteiger partial charge on any atom is 0.303 e. The first kappa shape index (κ1) is 17.2. The van der Waals surface area contributed by atoms with Gasteiger partial charge in [0.2, 0.25) is 5.91 Å². The van der Waals surface area contributed by atoms with Gasteiger partial charge in [0.25, 0.3) is 0 Å². The van der Waals surface area contributed by atoms with Crippen LogP contribution in [0.1, 0.15) is 31.7 Å². The monoisotopic (exact) mass is 309 g/mol. The van der Waals surface area contributed by atoms with Crippen LogP contribution in [0.4, 0.5) is 0 Å². The van der Waals surface area contributed by atoms with Crippen molar-refractivity contribution in [2.45, 2.75) is 26.2 Å². The normalized spacial score (nSPS) is 12.3. The lowest BCUT2D eigenvalue weighted by Gasteiger charge is -2.09. The Balaban J connectivity index is 2.26. The van der Waals surface area contributed by atoms with Crippen LogP contribution in [-0.2, 0) is 9.59 Å². The van der Waals surface area contributed by atoms with E-state index < -0.39 is 5.97 Å². The first-order valence-electron chi connectivity index (χ1n) is 6.90. The highest BCUT2D eigenvalue weighted by molar-refractivity contribution is 6.30. The summed E-state index contributed by atoms with van der Waals surface area (Å²) in [5.74, 6) is -0.672. The van der Waals surface area contributed by atoms with Crippen LogP contribution in [0, 0.1) is 5.92 Å². The Hall–Kier alpha value is -1.81. The molecule has 0 saturated carbocycles. The van der Waals surface area contributed by atoms with E-state index in [9.17, 15) is 9.59 Å². The third kappa shape index (κ3) is 8.15. The van der Waals surface area contributed by atoms with Gasteiger partial charge in [-0.15, -0.1) is 0 Å². The summed E-state index contributed by atoms with van der Waals surface area (Å²) in [6.07, 6.45) is 4.74. The van der Waals surface area contributed by atoms with Gasteiger partial charge in [0.05, 0.1) is 0 Å². The lowest BCUT2D eigenvalue weighted by atomic mass is 10.0. The molecular formula is C16H20ClNO3. The molecule has 1 atom stereocenters. The van der Waals surface area contributed by atoms with Gasteiger partial charge in [-0.25, -0.2) is 0 Å². The summed E-state index contributed by atoms with van der Waals surface area (Å²) in [7, 11) is 0. The molecule has 0 saturated heterocycles. The fourth-order valence-electron chi connectivity index (χ4n) is 1.80. The average Bonchev–Trinajstić information content (AvgIpc) is 2.43. The fraction of sp³-hybridized carbons (Fsp3) is 0.375. The van der Waals surface area contributed by atoms with E-state index >= 15 is 0 Å². The zero-order chi connectivity index (χ0) is 15.7. The van der Waals surface area contributed by atoms with Crippen molar-refractivity contribution in [3.8, 4) is 0 Å². The van der Waals surface area contributed by atoms with Crippen LogP contribution in [0.3, 0.4) is 0 Å². The van der Waals surface area contributed by atoms with Crippen LogP contribution in [0.15, 0.2) is 30.3 Å². The zero-order valence-electron chi connectivity index (χ0n) is 12.0. The molecule has 1 aromatic rings. The number of carbonyl (C=O) groups excluding carboxylic acids is 1. The third-order valence-corrected chi connectivity index (χ3v) is 3.30. The van der Waals surface area contributed by atoms with Crippen LogP contribution >= 0.6 is 11.6 Å². The standard InChI is InChI=1S/C16H20ClNO3/c1-12(5-8-16(20)21)9-10-18-15(19)7-6-13-3-2-4-14(17)11-13/h2-4,6-7,11-12H,5,8-10H2,1H3,(H,18,19)(H,20,21). The predicted molar refractivity (Wildman–Crippen MR) is 84.1 cm³/mol. The molecule has 0 fully saturated rings. The van der Waals surface area contributed by atoms with Gasteiger partial charge in [-0.05, 0) is 42.5 Å². The number of amides is 1. The summed E-state index contributed by atoms with van der Waals surface area (Å²) >= 11 is 5.85. The van der Waals surface area contributed by atoms with Crippen LogP contribution in [-0.4, -0.2) is 23.5 Å². The van der Waals surface area contributed by atoms with Crippen molar-refractivity contribution < 1.29 is 14.7 Å². The Morgan fingerprint density at radius 2 is 2.14 bits per heavy atom. The lowest BCUT2D eigenvalue weighted by molar-refractivity contribution is -0.137. The van der Waals surface area contributed by atoms with E-state index in [-0.39, 0.29) is 18.2 Å². The Bertz CT molecular complexity index is 514. The van der Waals surface area contributed by atoms with Crippen molar-refractivity contribution >= 4 is 29.6 Å². The van der Waals surface area contributed by atoms with Crippen LogP contribution in [0.2, 0.25) is 5.02 Å². The van der Waals surface area contributed by atoms with Crippen LogP contribution in [0.25, 0.3) is 6.08 Å². The van der Waals surface area contributed by atoms with Crippen molar-refractivity contribution in [3.05, 3.63) is 40.9 Å². The number of carbonyl (C=O) groups is 2. The van der Waals surface area contributed by atoms with Gasteiger partial charge in [-0.1, -0.05) is 30.7 Å². The molecule has 1 aromatic carbocycles. The van der Waals surface area contributed by atoms with Crippen molar-refractivity contribution in [2.75, 3.05) is 6.54 Å². The first-order valence-corrected chi connectivity index (χ1v) is 7.28. The number of benzene rings is 1. The van der Waals surface area contributed by atoms with Gasteiger partial charge in [0, 0.05) is 24.1 Å². The summed E-state index contributed by atoms with van der Waals surface area (Å²) in [5, 5.41) is 12.0. The largest absolute Gasteiger partial charge is 0.481 e. The average molecular weight is 310 g/mol. The molecule has 1 amide bonds. The maximum absolute atomic E-state index is 11.6. The molecule has 0 aliphatic rings. The van der Waals surface area contributed by atoms with Gasteiger partial charge in [0.15, 0.2) is 0 Å². The molecule has 1 unspecified atom stereocenters. The van der Waals surface area contributed by atoms with Crippen LogP contribution < -0.4 is 5.32 Å². The van der Waals surface area contributed by atoms with E-state index in [1.807, 2.05) is 19.1 Å². The summed E-state index contributed by atoms with van der Waals surface area (Å²) < 4.78 is 0. The second kappa shape index (κ2) is 9.19. The van der Waals surface area contributed by atoms with E-state index in [0.29, 0.717) is 18.0 Å². The number of hydrogen-bond donors (Lipinski definition) is 2. The van der Waals surface area contributed by atoms with Gasteiger partial charge in [0.1, 0.15) is 0 Å². The van der Waals surface area contributed by atoms with Crippen molar-refractivity contribution in [3.63, 3.8) is 0 Å². The van der Waals surface area contributed by atoms with Gasteiger partial charge in [-0.3, -0.25) is 9.59 Å². The molecule has 0 radical (unpaired) electrons. The van der Waals surface area contributed by atoms with Gasteiger partial charge < -0.3 is 10.4 Å². The van der Waals surface area contributed by atoms with Crippen molar-refractivity contribution in [1.82, 2.24) is 5.32 Å². The van der Waals surface area contributed by atoms with E-state index in [2.05, 4.69) is 5.32 Å². The Kier molecular flexibility index (Phi) is 7.54. The van der Waals surface area contributed by atoms with Gasteiger partial charge in [-0.2, -0.15) is 0 Å². The molecule has 0 heterocycles. The summed E-state index contributed by atoms with van der Waals surface area (Å²) in [6, 6.07) is 7.24. The fourth-order valence-corrected chi connectivity index (χ4v) is 2.00. The Morgan fingerprint density at radius 3 is 2.81 bits per heavy atom. The maximum atomic E-state index is 11.6. The number of aliphatic carboxylic acids is 1. The number of halogens is 1. The minimum absolute atomic E-state index is 0.166. The minimum Gasteiger partial charge on any atom is -0.481 e. The Labute approximate surface area is 129 Å². The number of rotatable bonds is 8. The second-order valence-electron chi connectivity index (χ2n) is 5.01. The first-order chi connectivity index (χ1) is 9.97. The quantitative estimate of drug-likeness (QED) is 0.724. The highest BCUT2D eigenvalue weighted by atomic mass is 35.5. The van der Waals surface area contributed by atoms with E-state index in [1.165, 1.54) is 6.08 Å². The molecule has 5 heteroatoms. The highest BCUT2D eigenvalue weighted by Gasteiger charge is 2.05. The number of hydrogen-bond acceptors (Lipinski definition) is 2. The topological polar surface area (TPSA) is 66.4 Å². The molecule has 0 spiro atoms. The summed E-state index contributed by atoms with van der Waals surface area (Å²) in [5.41, 5.74) is 0.868. The molecular weight excluding hydrogens is 290 g/mol. The van der Waals surface area contributed by atoms with Crippen molar-refractivity contribution in [2.24, 2.45) is 5.92 Å². The second-order valence-corrected chi connectivity index (χ2v) is 5.44. The molecule has 0 bridgehead atoms. The molecule has 0 aliphatic carbocycles. The number of carboxylic acid groups (broad SMARTS) is 1. The molecule has 0 aliphatic heterocycles. The highest BCUT2D eigenvalue weighted by Crippen LogP contribution is 2.12. The molecule has 0 aromatic heterocycles. The number of carboxylic acids is 1. The lowest BCUT2D eigenvalue weighted by Crippen LogP contribution is -2.23. The summed E-state index contributed by atoms with van der Waals surface area (Å²) in [4.78, 5) is 22.1. The number of nitrogens with one attached hydrogen (secondary N) is 1. The molecule has 4 nitrogen and oxygen atoms in total. The summed E-state index contributed by atoms with van der Waals surface area (Å²) in [6.45, 7) is 2.52. The predicted octanol–water partition coefficient (Wildman–Crippen LogP) is 3.36. The molecule has 1 rings (SSSR count). The molecule has 21 heavy (non-hydrogen) atoms. The zero-order valence-corrected chi connectivity index (χ0v) is 12.8. The third-order valence-electron chi connectivity index (χ3n) is 3.06. The molecule has 114 valence electrons. The SMILES string of the molecule is CC(CCNC(=O)C=Cc1cccc(Cl)c1)CCC(=O)O. The van der Waals surface area contributed by atoms with Crippen LogP contribution in [0.5, 0.6) is 0 Å². The van der Waals surface area contributed by atoms with Crippen molar-refractivity contribution in [1.29, 1.82) is 0 Å². The van der Waals surface area contributed by atoms with Gasteiger partial charge >= 0.3 is 5.97 Å². The van der Waals surface area contributed by atoms with E-state index in [1.54, 1.807) is 18.2 Å². The molecule has 2 N–H and O–H groups in total. The smallest absolute Gasteiger partial charge is 0.303 e. The van der Waals surface area contributed by atoms with E-state index in [0.717, 1.165) is 12.0 Å².